The second-order valence-corrected chi connectivity index (χ2v) is 22.2. The van der Waals surface area contributed by atoms with Gasteiger partial charge in [0, 0.05) is 51.1 Å². The lowest BCUT2D eigenvalue weighted by molar-refractivity contribution is 0.466. The summed E-state index contributed by atoms with van der Waals surface area (Å²) >= 11 is 0. The number of nitrogens with zero attached hydrogens (tertiary/aromatic N) is 2. The van der Waals surface area contributed by atoms with E-state index in [9.17, 15) is 0 Å². The first-order valence-electron chi connectivity index (χ1n) is 29.0. The third-order valence-electron chi connectivity index (χ3n) is 17.6. The van der Waals surface area contributed by atoms with Crippen LogP contribution in [0, 0.1) is 0 Å². The molecule has 0 fully saturated rings. The van der Waals surface area contributed by atoms with E-state index in [1.54, 1.807) is 0 Å². The molecule has 0 bridgehead atoms. The van der Waals surface area contributed by atoms with Crippen LogP contribution in [-0.4, -0.2) is 13.4 Å². The van der Waals surface area contributed by atoms with Gasteiger partial charge in [-0.1, -0.05) is 261 Å². The average molecular weight is 1070 g/mol. The number of para-hydroxylation sites is 4. The summed E-state index contributed by atoms with van der Waals surface area (Å²) in [5, 5.41) is 0. The minimum atomic E-state index is -0.187. The lowest BCUT2D eigenvalue weighted by Gasteiger charge is -2.43. The van der Waals surface area contributed by atoms with Gasteiger partial charge in [-0.3, -0.25) is 0 Å². The molecule has 13 aromatic carbocycles. The van der Waals surface area contributed by atoms with Crippen molar-refractivity contribution in [3.63, 3.8) is 0 Å². The zero-order valence-corrected chi connectivity index (χ0v) is 45.7. The molecule has 0 N–H and O–H groups in total. The average Bonchev–Trinajstić information content (AvgIpc) is 2.24. The Bertz CT molecular complexity index is 4320. The first kappa shape index (κ1) is 47.9. The van der Waals surface area contributed by atoms with Gasteiger partial charge in [0.05, 0.1) is 11.4 Å². The maximum Gasteiger partial charge on any atom is 0.256 e. The topological polar surface area (TPSA) is 24.9 Å². The minimum Gasteiger partial charge on any atom is -0.458 e. The van der Waals surface area contributed by atoms with E-state index in [1.807, 2.05) is 0 Å². The maximum absolute atomic E-state index is 7.51. The van der Waals surface area contributed by atoms with E-state index in [-0.39, 0.29) is 13.4 Å². The van der Waals surface area contributed by atoms with Crippen molar-refractivity contribution in [2.45, 2.75) is 0 Å². The molecule has 0 radical (unpaired) electrons. The Balaban J connectivity index is 0.913. The standard InChI is InChI=1S/C78H50B2N2O2/c1-7-25-51(26-8-1)57-45-69-75-73(47-57)83-71-50-72-66(49-65(71)79(75)63-41-19-21-43-67(63)81(69)77-59(53-29-11-3-12-30-53)37-23-38-60(77)54-31-13-4-14-32-54)80-64-42-20-22-44-68(64)82(70-46-58(48-74(84-72)76(70)80)52-27-9-2-10-28-52)78-61(55-33-15-5-16-34-55)39-24-40-62(78)56-35-17-6-18-36-56/h1-50H. The quantitative estimate of drug-likeness (QED) is 0.142. The molecule has 4 nitrogen and oxygen atoms in total. The first-order chi connectivity index (χ1) is 41.7. The molecule has 0 aliphatic carbocycles. The number of rotatable bonds is 8. The van der Waals surface area contributed by atoms with Crippen LogP contribution in [0.2, 0.25) is 0 Å². The molecule has 13 aromatic rings. The SMILES string of the molecule is c1ccc(-c2cc3c4c(c2)N(c2c(-c5ccccc5)cccc2-c2ccccc2)c2ccccc2B4c2cc4c(cc2O3)Oc2cc(-c3ccccc3)cc3c2B4c2ccccc2N3c2c(-c3ccccc3)cccc2-c2ccccc2)cc1. The highest BCUT2D eigenvalue weighted by molar-refractivity contribution is 7.02. The summed E-state index contributed by atoms with van der Waals surface area (Å²) in [5.41, 5.74) is 27.1. The van der Waals surface area contributed by atoms with Crippen LogP contribution in [0.3, 0.4) is 0 Å². The predicted octanol–water partition coefficient (Wildman–Crippen LogP) is 16.5. The van der Waals surface area contributed by atoms with Crippen LogP contribution in [0.1, 0.15) is 0 Å². The predicted molar refractivity (Wildman–Crippen MR) is 351 cm³/mol. The summed E-state index contributed by atoms with van der Waals surface area (Å²) in [7, 11) is 0. The zero-order chi connectivity index (χ0) is 55.2. The van der Waals surface area contributed by atoms with Crippen LogP contribution < -0.4 is 52.1 Å². The normalized spacial score (nSPS) is 12.9. The molecule has 0 unspecified atom stereocenters. The first-order valence-corrected chi connectivity index (χ1v) is 29.0. The highest BCUT2D eigenvalue weighted by Gasteiger charge is 2.47. The Kier molecular flexibility index (Phi) is 11.1. The van der Waals surface area contributed by atoms with Crippen molar-refractivity contribution in [3.8, 4) is 89.8 Å². The van der Waals surface area contributed by atoms with Gasteiger partial charge >= 0.3 is 0 Å². The van der Waals surface area contributed by atoms with Gasteiger partial charge in [0.25, 0.3) is 13.4 Å². The van der Waals surface area contributed by atoms with Gasteiger partial charge in [-0.2, -0.15) is 0 Å². The third-order valence-corrected chi connectivity index (χ3v) is 17.6. The molecule has 390 valence electrons. The molecule has 4 aliphatic heterocycles. The monoisotopic (exact) mass is 1070 g/mol. The molecule has 6 heteroatoms. The summed E-state index contributed by atoms with van der Waals surface area (Å²) in [6.07, 6.45) is 0. The van der Waals surface area contributed by atoms with E-state index in [2.05, 4.69) is 313 Å². The van der Waals surface area contributed by atoms with Gasteiger partial charge in [-0.05, 0) is 114 Å². The van der Waals surface area contributed by atoms with E-state index in [4.69, 9.17) is 9.47 Å². The third kappa shape index (κ3) is 7.57. The number of hydrogen-bond acceptors (Lipinski definition) is 4. The van der Waals surface area contributed by atoms with Crippen LogP contribution >= 0.6 is 0 Å². The van der Waals surface area contributed by atoms with E-state index in [0.717, 1.165) is 146 Å². The number of fused-ring (bicyclic) bond motifs is 8. The van der Waals surface area contributed by atoms with Crippen molar-refractivity contribution in [1.29, 1.82) is 0 Å². The Morgan fingerprint density at radius 2 is 0.524 bits per heavy atom. The molecular weight excluding hydrogens is 1020 g/mol. The van der Waals surface area contributed by atoms with Crippen molar-refractivity contribution in [2.24, 2.45) is 0 Å². The summed E-state index contributed by atoms with van der Waals surface area (Å²) in [6.45, 7) is -0.374. The fourth-order valence-corrected chi connectivity index (χ4v) is 13.9. The molecule has 0 amide bonds. The van der Waals surface area contributed by atoms with Crippen LogP contribution in [0.5, 0.6) is 23.0 Å². The van der Waals surface area contributed by atoms with Crippen molar-refractivity contribution in [3.05, 3.63) is 303 Å². The molecule has 0 atom stereocenters. The van der Waals surface area contributed by atoms with Crippen molar-refractivity contribution >= 4 is 80.3 Å². The fraction of sp³-hybridized carbons (Fsp3) is 0. The van der Waals surface area contributed by atoms with Crippen molar-refractivity contribution in [2.75, 3.05) is 9.80 Å². The van der Waals surface area contributed by atoms with E-state index >= 15 is 0 Å². The Morgan fingerprint density at radius 3 is 0.869 bits per heavy atom. The zero-order valence-electron chi connectivity index (χ0n) is 45.7. The molecule has 4 heterocycles. The molecular formula is C78H50B2N2O2. The second kappa shape index (κ2) is 19.4. The molecule has 0 spiro atoms. The Hall–Kier alpha value is -10.8. The summed E-state index contributed by atoms with van der Waals surface area (Å²) < 4.78 is 15.0. The summed E-state index contributed by atoms with van der Waals surface area (Å²) in [5.74, 6) is 3.24. The van der Waals surface area contributed by atoms with Crippen LogP contribution in [-0.2, 0) is 0 Å². The fourth-order valence-electron chi connectivity index (χ4n) is 13.9. The highest BCUT2D eigenvalue weighted by atomic mass is 16.5. The summed E-state index contributed by atoms with van der Waals surface area (Å²) in [6, 6.07) is 110. The molecule has 0 saturated heterocycles. The largest absolute Gasteiger partial charge is 0.458 e. The second-order valence-electron chi connectivity index (χ2n) is 22.2. The minimum absolute atomic E-state index is 0.187. The van der Waals surface area contributed by atoms with Gasteiger partial charge in [-0.15, -0.1) is 0 Å². The molecule has 4 aliphatic rings. The lowest BCUT2D eigenvalue weighted by atomic mass is 9.31. The number of benzene rings is 13. The Morgan fingerprint density at radius 1 is 0.214 bits per heavy atom. The molecule has 0 saturated carbocycles. The van der Waals surface area contributed by atoms with Crippen molar-refractivity contribution < 1.29 is 9.47 Å². The van der Waals surface area contributed by atoms with Gasteiger partial charge in [0.15, 0.2) is 0 Å². The van der Waals surface area contributed by atoms with Gasteiger partial charge in [0.1, 0.15) is 23.0 Å². The van der Waals surface area contributed by atoms with E-state index < -0.39 is 0 Å². The van der Waals surface area contributed by atoms with Crippen LogP contribution in [0.15, 0.2) is 303 Å². The highest BCUT2D eigenvalue weighted by Crippen LogP contribution is 2.52. The number of anilines is 6. The number of ether oxygens (including phenoxy) is 2. The maximum atomic E-state index is 7.51. The van der Waals surface area contributed by atoms with Crippen LogP contribution in [0.25, 0.3) is 66.8 Å². The van der Waals surface area contributed by atoms with Crippen molar-refractivity contribution in [1.82, 2.24) is 0 Å². The molecule has 17 rings (SSSR count). The van der Waals surface area contributed by atoms with Gasteiger partial charge in [-0.25, -0.2) is 0 Å². The van der Waals surface area contributed by atoms with E-state index in [0.29, 0.717) is 0 Å². The van der Waals surface area contributed by atoms with Crippen LogP contribution in [0.4, 0.5) is 34.1 Å². The lowest BCUT2D eigenvalue weighted by Crippen LogP contribution is -2.63. The smallest absolute Gasteiger partial charge is 0.256 e. The van der Waals surface area contributed by atoms with E-state index in [1.165, 1.54) is 10.9 Å². The Labute approximate surface area is 489 Å². The summed E-state index contributed by atoms with van der Waals surface area (Å²) in [4.78, 5) is 5.07. The molecule has 0 aromatic heterocycles. The number of hydrogen-bond donors (Lipinski definition) is 0. The van der Waals surface area contributed by atoms with Gasteiger partial charge in [0.2, 0.25) is 0 Å². The van der Waals surface area contributed by atoms with Gasteiger partial charge < -0.3 is 19.3 Å². The molecule has 84 heavy (non-hydrogen) atoms.